The van der Waals surface area contributed by atoms with Crippen molar-refractivity contribution in [2.24, 2.45) is 5.92 Å². The van der Waals surface area contributed by atoms with Crippen molar-refractivity contribution in [2.45, 2.75) is 32.4 Å². The number of nitrogens with one attached hydrogen (secondary N) is 1. The molecular formula is C14H19F2NO. The van der Waals surface area contributed by atoms with Crippen molar-refractivity contribution < 1.29 is 13.5 Å². The average Bonchev–Trinajstić information content (AvgIpc) is 2.85. The van der Waals surface area contributed by atoms with Gasteiger partial charge in [-0.3, -0.25) is 0 Å². The lowest BCUT2D eigenvalue weighted by Gasteiger charge is -2.24. The molecule has 0 amide bonds. The Hall–Kier alpha value is -1.00. The first kappa shape index (κ1) is 13.4. The average molecular weight is 255 g/mol. The van der Waals surface area contributed by atoms with Crippen LogP contribution in [0.25, 0.3) is 0 Å². The first-order valence-corrected chi connectivity index (χ1v) is 6.36. The van der Waals surface area contributed by atoms with Gasteiger partial charge >= 0.3 is 0 Å². The molecule has 18 heavy (non-hydrogen) atoms. The molecule has 2 rings (SSSR count). The van der Waals surface area contributed by atoms with E-state index in [-0.39, 0.29) is 17.9 Å². The van der Waals surface area contributed by atoms with Gasteiger partial charge in [0.1, 0.15) is 11.6 Å². The van der Waals surface area contributed by atoms with Gasteiger partial charge < -0.3 is 10.1 Å². The first-order chi connectivity index (χ1) is 8.58. The Morgan fingerprint density at radius 3 is 2.78 bits per heavy atom. The van der Waals surface area contributed by atoms with Crippen LogP contribution in [0.3, 0.4) is 0 Å². The van der Waals surface area contributed by atoms with Crippen LogP contribution in [0.2, 0.25) is 0 Å². The summed E-state index contributed by atoms with van der Waals surface area (Å²) in [6, 6.07) is 3.58. The highest BCUT2D eigenvalue weighted by Gasteiger charge is 2.24. The maximum atomic E-state index is 13.6. The molecule has 0 bridgehead atoms. The highest BCUT2D eigenvalue weighted by atomic mass is 19.1. The summed E-state index contributed by atoms with van der Waals surface area (Å²) < 4.78 is 32.1. The number of hydrogen-bond acceptors (Lipinski definition) is 2. The van der Waals surface area contributed by atoms with Gasteiger partial charge in [0.2, 0.25) is 0 Å². The lowest BCUT2D eigenvalue weighted by atomic mass is 9.98. The van der Waals surface area contributed by atoms with Gasteiger partial charge in [0.05, 0.1) is 6.61 Å². The first-order valence-electron chi connectivity index (χ1n) is 6.36. The Balaban J connectivity index is 2.02. The van der Waals surface area contributed by atoms with E-state index in [1.807, 2.05) is 6.92 Å². The van der Waals surface area contributed by atoms with Gasteiger partial charge in [-0.1, -0.05) is 0 Å². The van der Waals surface area contributed by atoms with Crippen molar-refractivity contribution in [3.63, 3.8) is 0 Å². The molecule has 0 aliphatic carbocycles. The Morgan fingerprint density at radius 2 is 2.11 bits per heavy atom. The fraction of sp³-hybridized carbons (Fsp3) is 0.571. The molecule has 1 aromatic carbocycles. The van der Waals surface area contributed by atoms with Crippen LogP contribution in [-0.4, -0.2) is 19.3 Å². The summed E-state index contributed by atoms with van der Waals surface area (Å²) in [7, 11) is 0. The van der Waals surface area contributed by atoms with Crippen LogP contribution in [0.5, 0.6) is 0 Å². The summed E-state index contributed by atoms with van der Waals surface area (Å²) in [5.41, 5.74) is 0.376. The van der Waals surface area contributed by atoms with Crippen LogP contribution in [0.4, 0.5) is 8.78 Å². The van der Waals surface area contributed by atoms with Crippen molar-refractivity contribution in [3.05, 3.63) is 35.4 Å². The summed E-state index contributed by atoms with van der Waals surface area (Å²) in [5.74, 6) is -0.327. The van der Waals surface area contributed by atoms with Crippen LogP contribution in [-0.2, 0) is 4.74 Å². The van der Waals surface area contributed by atoms with Crippen LogP contribution in [0.1, 0.15) is 31.9 Å². The summed E-state index contributed by atoms with van der Waals surface area (Å²) in [6.45, 7) is 5.45. The molecule has 1 fully saturated rings. The maximum Gasteiger partial charge on any atom is 0.128 e. The molecule has 1 aliphatic rings. The second-order valence-corrected chi connectivity index (χ2v) is 4.97. The lowest BCUT2D eigenvalue weighted by Crippen LogP contribution is -2.36. The smallest absolute Gasteiger partial charge is 0.128 e. The normalized spacial score (nSPS) is 23.0. The van der Waals surface area contributed by atoms with Gasteiger partial charge in [0.15, 0.2) is 0 Å². The Bertz CT molecular complexity index is 405. The molecule has 1 saturated heterocycles. The summed E-state index contributed by atoms with van der Waals surface area (Å²) in [4.78, 5) is 0. The quantitative estimate of drug-likeness (QED) is 0.893. The van der Waals surface area contributed by atoms with Gasteiger partial charge in [-0.2, -0.15) is 0 Å². The lowest BCUT2D eigenvalue weighted by molar-refractivity contribution is 0.177. The molecule has 0 spiro atoms. The minimum atomic E-state index is -0.406. The molecule has 3 atom stereocenters. The van der Waals surface area contributed by atoms with Crippen LogP contribution >= 0.6 is 0 Å². The third-order valence-electron chi connectivity index (χ3n) is 3.61. The molecule has 3 unspecified atom stereocenters. The zero-order valence-corrected chi connectivity index (χ0v) is 10.7. The molecule has 1 aromatic rings. The molecular weight excluding hydrogens is 236 g/mol. The second-order valence-electron chi connectivity index (χ2n) is 4.97. The van der Waals surface area contributed by atoms with E-state index in [0.717, 1.165) is 25.7 Å². The highest BCUT2D eigenvalue weighted by molar-refractivity contribution is 5.21. The van der Waals surface area contributed by atoms with E-state index in [9.17, 15) is 8.78 Å². The fourth-order valence-electron chi connectivity index (χ4n) is 2.41. The number of benzene rings is 1. The molecule has 0 saturated carbocycles. The van der Waals surface area contributed by atoms with Crippen LogP contribution in [0, 0.1) is 17.6 Å². The van der Waals surface area contributed by atoms with E-state index < -0.39 is 5.82 Å². The predicted octanol–water partition coefficient (Wildman–Crippen LogP) is 3.04. The molecule has 4 heteroatoms. The van der Waals surface area contributed by atoms with Crippen LogP contribution in [0.15, 0.2) is 18.2 Å². The standard InChI is InChI=1S/C14H19F2NO/c1-9(11-5-6-18-8-11)17-10(2)13-7-12(15)3-4-14(13)16/h3-4,7,9-11,17H,5-6,8H2,1-2H3. The summed E-state index contributed by atoms with van der Waals surface area (Å²) >= 11 is 0. The van der Waals surface area contributed by atoms with Crippen molar-refractivity contribution in [2.75, 3.05) is 13.2 Å². The fourth-order valence-corrected chi connectivity index (χ4v) is 2.41. The van der Waals surface area contributed by atoms with Gasteiger partial charge in [0, 0.05) is 24.3 Å². The van der Waals surface area contributed by atoms with Gasteiger partial charge in [-0.15, -0.1) is 0 Å². The number of rotatable bonds is 4. The zero-order valence-electron chi connectivity index (χ0n) is 10.7. The van der Waals surface area contributed by atoms with E-state index >= 15 is 0 Å². The van der Waals surface area contributed by atoms with Crippen molar-refractivity contribution in [1.82, 2.24) is 5.32 Å². The predicted molar refractivity (Wildman–Crippen MR) is 66.3 cm³/mol. The van der Waals surface area contributed by atoms with Crippen molar-refractivity contribution in [3.8, 4) is 0 Å². The number of ether oxygens (including phenoxy) is 1. The molecule has 2 nitrogen and oxygen atoms in total. The van der Waals surface area contributed by atoms with Crippen molar-refractivity contribution >= 4 is 0 Å². The molecule has 1 aliphatic heterocycles. The molecule has 0 aromatic heterocycles. The number of hydrogen-bond donors (Lipinski definition) is 1. The third-order valence-corrected chi connectivity index (χ3v) is 3.61. The largest absolute Gasteiger partial charge is 0.381 e. The van der Waals surface area contributed by atoms with E-state index in [4.69, 9.17) is 4.74 Å². The van der Waals surface area contributed by atoms with Gasteiger partial charge in [-0.05, 0) is 44.4 Å². The molecule has 1 N–H and O–H groups in total. The van der Waals surface area contributed by atoms with E-state index in [2.05, 4.69) is 12.2 Å². The van der Waals surface area contributed by atoms with E-state index in [1.54, 1.807) is 0 Å². The summed E-state index contributed by atoms with van der Waals surface area (Å²) in [5, 5.41) is 3.32. The van der Waals surface area contributed by atoms with Crippen molar-refractivity contribution in [1.29, 1.82) is 0 Å². The minimum Gasteiger partial charge on any atom is -0.381 e. The Morgan fingerprint density at radius 1 is 1.33 bits per heavy atom. The van der Waals surface area contributed by atoms with E-state index in [0.29, 0.717) is 11.5 Å². The maximum absolute atomic E-state index is 13.6. The second kappa shape index (κ2) is 5.76. The van der Waals surface area contributed by atoms with Gasteiger partial charge in [0.25, 0.3) is 0 Å². The Labute approximate surface area is 106 Å². The SMILES string of the molecule is CC(NC(C)C1CCOC1)c1cc(F)ccc1F. The van der Waals surface area contributed by atoms with Crippen LogP contribution < -0.4 is 5.32 Å². The minimum absolute atomic E-state index is 0.212. The molecule has 0 radical (unpaired) electrons. The Kier molecular flexibility index (Phi) is 4.30. The number of halogens is 2. The monoisotopic (exact) mass is 255 g/mol. The van der Waals surface area contributed by atoms with Gasteiger partial charge in [-0.25, -0.2) is 8.78 Å². The van der Waals surface area contributed by atoms with E-state index in [1.165, 1.54) is 12.1 Å². The highest BCUT2D eigenvalue weighted by Crippen LogP contribution is 2.22. The third kappa shape index (κ3) is 3.06. The molecule has 1 heterocycles. The molecule has 100 valence electrons. The zero-order chi connectivity index (χ0) is 13.1. The topological polar surface area (TPSA) is 21.3 Å². The summed E-state index contributed by atoms with van der Waals surface area (Å²) in [6.07, 6.45) is 1.02.